The summed E-state index contributed by atoms with van der Waals surface area (Å²) < 4.78 is 1.19. The van der Waals surface area contributed by atoms with E-state index in [2.05, 4.69) is 16.0 Å². The van der Waals surface area contributed by atoms with E-state index < -0.39 is 0 Å². The maximum absolute atomic E-state index is 12.7. The van der Waals surface area contributed by atoms with Crippen LogP contribution in [0.15, 0.2) is 35.6 Å². The number of carbonyl (C=O) groups is 1. The molecule has 9 heteroatoms. The van der Waals surface area contributed by atoms with Crippen LogP contribution < -0.4 is 5.73 Å². The van der Waals surface area contributed by atoms with E-state index in [0.717, 1.165) is 29.9 Å². The third kappa shape index (κ3) is 3.93. The summed E-state index contributed by atoms with van der Waals surface area (Å²) in [5, 5.41) is 10.4. The molecule has 2 aromatic heterocycles. The third-order valence-electron chi connectivity index (χ3n) is 4.68. The van der Waals surface area contributed by atoms with Crippen molar-refractivity contribution >= 4 is 45.0 Å². The van der Waals surface area contributed by atoms with E-state index in [1.807, 2.05) is 29.2 Å². The summed E-state index contributed by atoms with van der Waals surface area (Å²) >= 11 is 2.96. The van der Waals surface area contributed by atoms with Crippen molar-refractivity contribution in [2.75, 3.05) is 24.6 Å². The number of thioether (sulfide) groups is 1. The number of carbonyl (C=O) groups excluding carboxylic acids is 1. The van der Waals surface area contributed by atoms with Gasteiger partial charge in [0.15, 0.2) is 5.16 Å². The van der Waals surface area contributed by atoms with Crippen LogP contribution >= 0.6 is 23.1 Å². The predicted octanol–water partition coefficient (Wildman–Crippen LogP) is 3.04. The topological polar surface area (TPSA) is 109 Å². The molecular formula is C19H18N6OS2. The summed E-state index contributed by atoms with van der Waals surface area (Å²) in [5.74, 6) is 0.725. The number of rotatable bonds is 4. The summed E-state index contributed by atoms with van der Waals surface area (Å²) in [5.41, 5.74) is 6.97. The van der Waals surface area contributed by atoms with Gasteiger partial charge in [0.25, 0.3) is 0 Å². The molecule has 2 N–H and O–H groups in total. The van der Waals surface area contributed by atoms with E-state index in [1.54, 1.807) is 11.3 Å². The van der Waals surface area contributed by atoms with Crippen molar-refractivity contribution in [3.8, 4) is 6.07 Å². The van der Waals surface area contributed by atoms with Crippen molar-refractivity contribution in [3.63, 3.8) is 0 Å². The van der Waals surface area contributed by atoms with E-state index in [0.29, 0.717) is 11.7 Å². The first-order valence-electron chi connectivity index (χ1n) is 8.92. The Morgan fingerprint density at radius 1 is 1.39 bits per heavy atom. The Kier molecular flexibility index (Phi) is 5.41. The average molecular weight is 411 g/mol. The van der Waals surface area contributed by atoms with Crippen LogP contribution in [0.4, 0.5) is 5.82 Å². The van der Waals surface area contributed by atoms with Gasteiger partial charge in [-0.15, -0.1) is 11.3 Å². The molecule has 1 saturated heterocycles. The normalized spacial score (nSPS) is 16.8. The van der Waals surface area contributed by atoms with Gasteiger partial charge in [-0.2, -0.15) is 5.26 Å². The highest BCUT2D eigenvalue weighted by Crippen LogP contribution is 2.33. The predicted molar refractivity (Wildman–Crippen MR) is 110 cm³/mol. The molecule has 0 saturated carbocycles. The van der Waals surface area contributed by atoms with Gasteiger partial charge in [-0.3, -0.25) is 4.79 Å². The van der Waals surface area contributed by atoms with Crippen LogP contribution in [0, 0.1) is 11.3 Å². The largest absolute Gasteiger partial charge is 0.382 e. The maximum Gasteiger partial charge on any atom is 0.233 e. The van der Waals surface area contributed by atoms with E-state index in [1.165, 1.54) is 22.7 Å². The van der Waals surface area contributed by atoms with Gasteiger partial charge < -0.3 is 10.6 Å². The average Bonchev–Trinajstić information content (AvgIpc) is 3.16. The maximum atomic E-state index is 12.7. The molecule has 0 spiro atoms. The summed E-state index contributed by atoms with van der Waals surface area (Å²) in [6.45, 7) is 1.45. The fourth-order valence-electron chi connectivity index (χ4n) is 3.22. The molecule has 4 rings (SSSR count). The lowest BCUT2D eigenvalue weighted by Crippen LogP contribution is -2.40. The Labute approximate surface area is 170 Å². The molecule has 0 bridgehead atoms. The van der Waals surface area contributed by atoms with E-state index >= 15 is 0 Å². The number of hydrogen-bond donors (Lipinski definition) is 1. The van der Waals surface area contributed by atoms with Crippen LogP contribution in [0.1, 0.15) is 29.3 Å². The number of piperidine rings is 1. The zero-order valence-electron chi connectivity index (χ0n) is 15.0. The number of thiazole rings is 1. The highest BCUT2D eigenvalue weighted by molar-refractivity contribution is 7.99. The van der Waals surface area contributed by atoms with E-state index in [-0.39, 0.29) is 29.0 Å². The standard InChI is InChI=1S/C19H18N6OS2/c20-8-13-9-22-19(24-17(13)21)27-11-16(26)25-7-3-4-12(10-25)18-23-14-5-1-2-6-15(14)28-18/h1-2,5-6,9,12H,3-4,7,10-11H2,(H2,21,22,24)/t12-/m1/s1. The molecule has 7 nitrogen and oxygen atoms in total. The number of hydrogen-bond acceptors (Lipinski definition) is 8. The number of amides is 1. The Morgan fingerprint density at radius 2 is 2.25 bits per heavy atom. The molecule has 1 aromatic carbocycles. The first kappa shape index (κ1) is 18.7. The molecule has 1 aliphatic heterocycles. The number of nitrogens with two attached hydrogens (primary N) is 1. The molecule has 1 aliphatic rings. The van der Waals surface area contributed by atoms with Crippen LogP contribution in [-0.4, -0.2) is 44.6 Å². The molecule has 142 valence electrons. The Balaban J connectivity index is 1.39. The van der Waals surface area contributed by atoms with E-state index in [9.17, 15) is 4.79 Å². The monoisotopic (exact) mass is 410 g/mol. The van der Waals surface area contributed by atoms with Gasteiger partial charge in [0, 0.05) is 19.0 Å². The summed E-state index contributed by atoms with van der Waals surface area (Å²) in [4.78, 5) is 27.5. The number of nitrogen functional groups attached to an aromatic ring is 1. The van der Waals surface area contributed by atoms with Crippen LogP contribution in [0.3, 0.4) is 0 Å². The minimum absolute atomic E-state index is 0.0577. The third-order valence-corrected chi connectivity index (χ3v) is 6.72. The highest BCUT2D eigenvalue weighted by atomic mass is 32.2. The van der Waals surface area contributed by atoms with Gasteiger partial charge >= 0.3 is 0 Å². The minimum atomic E-state index is 0.0577. The second-order valence-electron chi connectivity index (χ2n) is 6.55. The van der Waals surface area contributed by atoms with Gasteiger partial charge in [-0.1, -0.05) is 23.9 Å². The molecular weight excluding hydrogens is 392 g/mol. The number of nitrogens with zero attached hydrogens (tertiary/aromatic N) is 5. The molecule has 1 atom stereocenters. The van der Waals surface area contributed by atoms with Crippen molar-refractivity contribution in [2.24, 2.45) is 0 Å². The SMILES string of the molecule is N#Cc1cnc(SCC(=O)N2CCC[C@@H](c3nc4ccccc4s3)C2)nc1N. The lowest BCUT2D eigenvalue weighted by molar-refractivity contribution is -0.129. The number of para-hydroxylation sites is 1. The van der Waals surface area contributed by atoms with Crippen LogP contribution in [0.25, 0.3) is 10.2 Å². The molecule has 0 radical (unpaired) electrons. The van der Waals surface area contributed by atoms with Crippen LogP contribution in [0.5, 0.6) is 0 Å². The lowest BCUT2D eigenvalue weighted by atomic mass is 9.99. The minimum Gasteiger partial charge on any atom is -0.382 e. The van der Waals surface area contributed by atoms with Crippen LogP contribution in [0.2, 0.25) is 0 Å². The highest BCUT2D eigenvalue weighted by Gasteiger charge is 2.27. The first-order chi connectivity index (χ1) is 13.6. The fraction of sp³-hybridized carbons (Fsp3) is 0.316. The van der Waals surface area contributed by atoms with Gasteiger partial charge in [-0.25, -0.2) is 15.0 Å². The molecule has 3 heterocycles. The molecule has 1 fully saturated rings. The molecule has 1 amide bonds. The van der Waals surface area contributed by atoms with Gasteiger partial charge in [0.05, 0.1) is 27.2 Å². The van der Waals surface area contributed by atoms with Crippen molar-refractivity contribution in [1.82, 2.24) is 19.9 Å². The fourth-order valence-corrected chi connectivity index (χ4v) is 5.04. The smallest absolute Gasteiger partial charge is 0.233 e. The summed E-state index contributed by atoms with van der Waals surface area (Å²) in [6, 6.07) is 10.1. The second kappa shape index (κ2) is 8.12. The number of aromatic nitrogens is 3. The molecule has 0 unspecified atom stereocenters. The number of likely N-dealkylation sites (tertiary alicyclic amines) is 1. The number of nitriles is 1. The zero-order chi connectivity index (χ0) is 19.5. The van der Waals surface area contributed by atoms with Crippen molar-refractivity contribution in [2.45, 2.75) is 23.9 Å². The van der Waals surface area contributed by atoms with Crippen molar-refractivity contribution in [1.29, 1.82) is 5.26 Å². The zero-order valence-corrected chi connectivity index (χ0v) is 16.7. The molecule has 3 aromatic rings. The Hall–Kier alpha value is -2.70. The number of benzene rings is 1. The van der Waals surface area contributed by atoms with Gasteiger partial charge in [0.1, 0.15) is 17.5 Å². The number of fused-ring (bicyclic) bond motifs is 1. The van der Waals surface area contributed by atoms with E-state index in [4.69, 9.17) is 16.0 Å². The lowest BCUT2D eigenvalue weighted by Gasteiger charge is -2.31. The quantitative estimate of drug-likeness (QED) is 0.520. The van der Waals surface area contributed by atoms with Gasteiger partial charge in [-0.05, 0) is 25.0 Å². The first-order valence-corrected chi connectivity index (χ1v) is 10.7. The molecule has 0 aliphatic carbocycles. The Morgan fingerprint density at radius 3 is 3.04 bits per heavy atom. The van der Waals surface area contributed by atoms with Crippen LogP contribution in [-0.2, 0) is 4.79 Å². The van der Waals surface area contributed by atoms with Crippen molar-refractivity contribution in [3.05, 3.63) is 41.0 Å². The number of anilines is 1. The van der Waals surface area contributed by atoms with Crippen molar-refractivity contribution < 1.29 is 4.79 Å². The van der Waals surface area contributed by atoms with Gasteiger partial charge in [0.2, 0.25) is 5.91 Å². The summed E-state index contributed by atoms with van der Waals surface area (Å²) in [7, 11) is 0. The second-order valence-corrected chi connectivity index (χ2v) is 8.56. The molecule has 28 heavy (non-hydrogen) atoms. The Bertz CT molecular complexity index is 1030. The summed E-state index contributed by atoms with van der Waals surface area (Å²) in [6.07, 6.45) is 3.41.